The molecule has 1 fully saturated rings. The van der Waals surface area contributed by atoms with E-state index < -0.39 is 39.5 Å². The number of hydrogen-bond donors (Lipinski definition) is 0. The molecular weight excluding hydrogens is 527 g/mol. The van der Waals surface area contributed by atoms with E-state index in [-0.39, 0.29) is 37.0 Å². The Kier molecular flexibility index (Phi) is 8.17. The van der Waals surface area contributed by atoms with Gasteiger partial charge in [-0.15, -0.1) is 5.10 Å². The van der Waals surface area contributed by atoms with Crippen molar-refractivity contribution in [1.29, 1.82) is 0 Å². The SMILES string of the molecule is CCOc1nc(S(C)(=O)=O)nn2c([C@@H]3O[C@H](COCc4ccccc4)[C@@H](OCc4ccccc4)[C@H]3F)cnc12. The quantitative estimate of drug-likeness (QED) is 0.274. The predicted octanol–water partition coefficient (Wildman–Crippen LogP) is 3.51. The summed E-state index contributed by atoms with van der Waals surface area (Å²) in [4.78, 5) is 8.28. The van der Waals surface area contributed by atoms with Gasteiger partial charge < -0.3 is 18.9 Å². The molecule has 2 aromatic carbocycles. The van der Waals surface area contributed by atoms with Crippen LogP contribution in [0, 0.1) is 0 Å². The topological polar surface area (TPSA) is 114 Å². The zero-order valence-corrected chi connectivity index (χ0v) is 22.3. The summed E-state index contributed by atoms with van der Waals surface area (Å²) in [6.07, 6.45) is -2.10. The van der Waals surface area contributed by atoms with Crippen molar-refractivity contribution in [3.63, 3.8) is 0 Å². The third-order valence-corrected chi connectivity index (χ3v) is 7.05. The molecule has 12 heteroatoms. The van der Waals surface area contributed by atoms with Crippen molar-refractivity contribution in [2.75, 3.05) is 19.5 Å². The fraction of sp³-hybridized carbons (Fsp3) is 0.370. The number of hydrogen-bond acceptors (Lipinski definition) is 9. The second-order valence-corrected chi connectivity index (χ2v) is 11.0. The lowest BCUT2D eigenvalue weighted by molar-refractivity contribution is -0.0742. The molecule has 0 unspecified atom stereocenters. The highest BCUT2D eigenvalue weighted by Crippen LogP contribution is 2.38. The van der Waals surface area contributed by atoms with Crippen molar-refractivity contribution < 1.29 is 31.8 Å². The molecule has 0 N–H and O–H groups in total. The molecule has 0 radical (unpaired) electrons. The van der Waals surface area contributed by atoms with Crippen molar-refractivity contribution in [3.8, 4) is 5.88 Å². The number of alkyl halides is 1. The average molecular weight is 557 g/mol. The van der Waals surface area contributed by atoms with Crippen LogP contribution in [0.25, 0.3) is 5.65 Å². The molecule has 10 nitrogen and oxygen atoms in total. The first kappa shape index (κ1) is 27.1. The first-order chi connectivity index (χ1) is 18.8. The van der Waals surface area contributed by atoms with Gasteiger partial charge in [0.25, 0.3) is 11.0 Å². The van der Waals surface area contributed by atoms with Crippen LogP contribution in [0.4, 0.5) is 4.39 Å². The maximum Gasteiger partial charge on any atom is 0.268 e. The number of benzene rings is 2. The normalized spacial score (nSPS) is 21.4. The minimum absolute atomic E-state index is 0.0211. The first-order valence-corrected chi connectivity index (χ1v) is 14.4. The summed E-state index contributed by atoms with van der Waals surface area (Å²) in [6, 6.07) is 19.1. The fourth-order valence-electron chi connectivity index (χ4n) is 4.36. The molecule has 1 aliphatic heterocycles. The number of imidazole rings is 1. The van der Waals surface area contributed by atoms with Gasteiger partial charge in [-0.2, -0.15) is 4.98 Å². The van der Waals surface area contributed by atoms with Gasteiger partial charge in [0.2, 0.25) is 15.5 Å². The summed E-state index contributed by atoms with van der Waals surface area (Å²) in [7, 11) is -3.80. The second kappa shape index (κ2) is 11.7. The van der Waals surface area contributed by atoms with Gasteiger partial charge in [0.15, 0.2) is 6.17 Å². The van der Waals surface area contributed by atoms with E-state index >= 15 is 4.39 Å². The van der Waals surface area contributed by atoms with E-state index in [0.29, 0.717) is 6.61 Å². The Balaban J connectivity index is 1.43. The van der Waals surface area contributed by atoms with Gasteiger partial charge in [-0.3, -0.25) is 0 Å². The van der Waals surface area contributed by atoms with Crippen LogP contribution in [0.2, 0.25) is 0 Å². The van der Waals surface area contributed by atoms with Crippen LogP contribution in [-0.2, 0) is 37.3 Å². The highest BCUT2D eigenvalue weighted by molar-refractivity contribution is 7.90. The van der Waals surface area contributed by atoms with Gasteiger partial charge in [0.1, 0.15) is 18.3 Å². The van der Waals surface area contributed by atoms with E-state index in [1.54, 1.807) is 6.92 Å². The minimum atomic E-state index is -3.80. The molecule has 0 aliphatic carbocycles. The van der Waals surface area contributed by atoms with Crippen molar-refractivity contribution in [1.82, 2.24) is 19.6 Å². The summed E-state index contributed by atoms with van der Waals surface area (Å²) >= 11 is 0. The highest BCUT2D eigenvalue weighted by atomic mass is 32.2. The Hall–Kier alpha value is -3.45. The Morgan fingerprint density at radius 1 is 1.03 bits per heavy atom. The Bertz CT molecular complexity index is 1500. The third kappa shape index (κ3) is 6.09. The Morgan fingerprint density at radius 2 is 1.69 bits per heavy atom. The zero-order chi connectivity index (χ0) is 27.4. The van der Waals surface area contributed by atoms with E-state index in [2.05, 4.69) is 15.1 Å². The molecule has 2 aromatic heterocycles. The van der Waals surface area contributed by atoms with Gasteiger partial charge in [0.05, 0.1) is 38.3 Å². The van der Waals surface area contributed by atoms with Gasteiger partial charge in [0, 0.05) is 6.26 Å². The van der Waals surface area contributed by atoms with Crippen LogP contribution in [0.1, 0.15) is 29.8 Å². The van der Waals surface area contributed by atoms with Crippen molar-refractivity contribution in [3.05, 3.63) is 83.7 Å². The zero-order valence-electron chi connectivity index (χ0n) is 21.5. The summed E-state index contributed by atoms with van der Waals surface area (Å²) in [5.41, 5.74) is 2.23. The lowest BCUT2D eigenvalue weighted by atomic mass is 10.1. The van der Waals surface area contributed by atoms with E-state index in [4.69, 9.17) is 18.9 Å². The molecular formula is C27H29FN4O6S. The summed E-state index contributed by atoms with van der Waals surface area (Å²) in [5, 5.41) is 3.66. The second-order valence-electron chi connectivity index (χ2n) is 9.12. The van der Waals surface area contributed by atoms with Crippen molar-refractivity contribution in [2.24, 2.45) is 0 Å². The number of halogens is 1. The third-order valence-electron chi connectivity index (χ3n) is 6.21. The van der Waals surface area contributed by atoms with Crippen LogP contribution < -0.4 is 4.74 Å². The van der Waals surface area contributed by atoms with Crippen LogP contribution in [0.15, 0.2) is 72.0 Å². The minimum Gasteiger partial charge on any atom is -0.475 e. The molecule has 5 rings (SSSR count). The number of aromatic nitrogens is 4. The Morgan fingerprint density at radius 3 is 2.33 bits per heavy atom. The molecule has 0 saturated carbocycles. The number of sulfone groups is 1. The standard InChI is InChI=1S/C27H29FN4O6S/c1-3-36-26-25-29-14-20(32(25)31-27(30-26)39(2,33)34)23-22(28)24(37-16-19-12-8-5-9-13-19)21(38-23)17-35-15-18-10-6-4-7-11-18/h4-14,21-24H,3,15-17H2,1-2H3/t21-,22+,23+,24-/m1/s1. The van der Waals surface area contributed by atoms with Crippen LogP contribution in [0.3, 0.4) is 0 Å². The van der Waals surface area contributed by atoms with Gasteiger partial charge in [-0.25, -0.2) is 22.3 Å². The average Bonchev–Trinajstić information content (AvgIpc) is 3.49. The molecule has 0 amide bonds. The lowest BCUT2D eigenvalue weighted by Crippen LogP contribution is -2.34. The van der Waals surface area contributed by atoms with Gasteiger partial charge in [-0.1, -0.05) is 60.7 Å². The van der Waals surface area contributed by atoms with Crippen molar-refractivity contribution >= 4 is 15.5 Å². The van der Waals surface area contributed by atoms with Crippen molar-refractivity contribution in [2.45, 2.75) is 49.8 Å². The summed E-state index contributed by atoms with van der Waals surface area (Å²) < 4.78 is 65.4. The molecule has 206 valence electrons. The molecule has 39 heavy (non-hydrogen) atoms. The predicted molar refractivity (Wildman–Crippen MR) is 139 cm³/mol. The van der Waals surface area contributed by atoms with Crippen LogP contribution >= 0.6 is 0 Å². The first-order valence-electron chi connectivity index (χ1n) is 12.5. The van der Waals surface area contributed by atoms with E-state index in [0.717, 1.165) is 17.4 Å². The molecule has 4 atom stereocenters. The monoisotopic (exact) mass is 556 g/mol. The van der Waals surface area contributed by atoms with Crippen LogP contribution in [0.5, 0.6) is 5.88 Å². The number of fused-ring (bicyclic) bond motifs is 1. The number of rotatable bonds is 11. The molecule has 1 saturated heterocycles. The highest BCUT2D eigenvalue weighted by Gasteiger charge is 2.48. The molecule has 3 heterocycles. The molecule has 1 aliphatic rings. The number of nitrogens with zero attached hydrogens (tertiary/aromatic N) is 4. The van der Waals surface area contributed by atoms with Gasteiger partial charge >= 0.3 is 0 Å². The molecule has 4 aromatic rings. The lowest BCUT2D eigenvalue weighted by Gasteiger charge is -2.20. The van der Waals surface area contributed by atoms with Gasteiger partial charge in [-0.05, 0) is 18.1 Å². The fourth-order valence-corrected chi connectivity index (χ4v) is 4.84. The molecule has 0 bridgehead atoms. The maximum absolute atomic E-state index is 16.1. The summed E-state index contributed by atoms with van der Waals surface area (Å²) in [6.45, 7) is 2.54. The smallest absolute Gasteiger partial charge is 0.268 e. The van der Waals surface area contributed by atoms with E-state index in [1.807, 2.05) is 60.7 Å². The largest absolute Gasteiger partial charge is 0.475 e. The Labute approximate surface area is 225 Å². The van der Waals surface area contributed by atoms with E-state index in [1.165, 1.54) is 10.7 Å². The van der Waals surface area contributed by atoms with E-state index in [9.17, 15) is 8.42 Å². The number of ether oxygens (including phenoxy) is 4. The van der Waals surface area contributed by atoms with Crippen LogP contribution in [-0.4, -0.2) is 65.8 Å². The maximum atomic E-state index is 16.1. The molecule has 0 spiro atoms. The summed E-state index contributed by atoms with van der Waals surface area (Å²) in [5.74, 6) is -0.0211.